The molecule has 15 heavy (non-hydrogen) atoms. The topological polar surface area (TPSA) is 69.4 Å². The molecule has 0 aliphatic rings. The number of hydrogen-bond acceptors (Lipinski definition) is 4. The van der Waals surface area contributed by atoms with Crippen LogP contribution in [0.4, 0.5) is 10.1 Å². The second kappa shape index (κ2) is 4.04. The van der Waals surface area contributed by atoms with Crippen molar-refractivity contribution < 1.29 is 18.8 Å². The summed E-state index contributed by atoms with van der Waals surface area (Å²) >= 11 is 0. The van der Waals surface area contributed by atoms with E-state index in [0.717, 1.165) is 13.2 Å². The fourth-order valence-electron chi connectivity index (χ4n) is 1.20. The predicted octanol–water partition coefficient (Wildman–Crippen LogP) is 1.83. The van der Waals surface area contributed by atoms with Crippen molar-refractivity contribution in [2.75, 3.05) is 7.11 Å². The van der Waals surface area contributed by atoms with Crippen LogP contribution in [0.25, 0.3) is 0 Å². The van der Waals surface area contributed by atoms with E-state index in [1.807, 2.05) is 0 Å². The van der Waals surface area contributed by atoms with E-state index in [1.54, 1.807) is 0 Å². The number of carbonyl (C=O) groups excluding carboxylic acids is 1. The third kappa shape index (κ3) is 2.09. The third-order valence-corrected chi connectivity index (χ3v) is 1.86. The fraction of sp³-hybridized carbons (Fsp3) is 0.222. The molecule has 0 aliphatic heterocycles. The number of methoxy groups -OCH3 is 1. The maximum Gasteiger partial charge on any atom is 0.337 e. The lowest BCUT2D eigenvalue weighted by atomic mass is 10.1. The van der Waals surface area contributed by atoms with Gasteiger partial charge in [-0.15, -0.1) is 0 Å². The molecule has 1 aromatic rings. The Morgan fingerprint density at radius 2 is 2.13 bits per heavy atom. The van der Waals surface area contributed by atoms with Gasteiger partial charge < -0.3 is 4.74 Å². The molecule has 0 aromatic heterocycles. The molecule has 0 bridgehead atoms. The highest BCUT2D eigenvalue weighted by atomic mass is 19.1. The highest BCUT2D eigenvalue weighted by Crippen LogP contribution is 2.23. The lowest BCUT2D eigenvalue weighted by Gasteiger charge is -2.02. The molecule has 0 aliphatic carbocycles. The zero-order valence-corrected chi connectivity index (χ0v) is 8.11. The van der Waals surface area contributed by atoms with Crippen LogP contribution in [0.15, 0.2) is 12.1 Å². The standard InChI is InChI=1S/C9H8FNO4/c1-5-3-6(9(12)15-2)4-7(10)8(5)11(13)14/h3-4H,1-2H3. The molecule has 0 saturated carbocycles. The van der Waals surface area contributed by atoms with Crippen LogP contribution in [-0.4, -0.2) is 18.0 Å². The number of hydrogen-bond donors (Lipinski definition) is 0. The number of nitro benzene ring substituents is 1. The Hall–Kier alpha value is -1.98. The van der Waals surface area contributed by atoms with Gasteiger partial charge in [-0.25, -0.2) is 4.79 Å². The van der Waals surface area contributed by atoms with Crippen molar-refractivity contribution in [1.29, 1.82) is 0 Å². The van der Waals surface area contributed by atoms with Crippen molar-refractivity contribution in [2.45, 2.75) is 6.92 Å². The third-order valence-electron chi connectivity index (χ3n) is 1.86. The number of nitrogens with zero attached hydrogens (tertiary/aromatic N) is 1. The van der Waals surface area contributed by atoms with Gasteiger partial charge in [-0.3, -0.25) is 10.1 Å². The molecule has 0 radical (unpaired) electrons. The molecule has 1 aromatic carbocycles. The van der Waals surface area contributed by atoms with E-state index in [-0.39, 0.29) is 11.1 Å². The van der Waals surface area contributed by atoms with Crippen LogP contribution in [0.5, 0.6) is 0 Å². The second-order valence-corrected chi connectivity index (χ2v) is 2.87. The Kier molecular flexibility index (Phi) is 2.99. The lowest BCUT2D eigenvalue weighted by Crippen LogP contribution is -2.04. The predicted molar refractivity (Wildman–Crippen MR) is 49.1 cm³/mol. The minimum atomic E-state index is -1.04. The first kappa shape index (κ1) is 11.1. The number of esters is 1. The average molecular weight is 213 g/mol. The molecule has 0 spiro atoms. The summed E-state index contributed by atoms with van der Waals surface area (Å²) in [6.45, 7) is 1.35. The van der Waals surface area contributed by atoms with Crippen molar-refractivity contribution in [3.8, 4) is 0 Å². The molecule has 5 nitrogen and oxygen atoms in total. The summed E-state index contributed by atoms with van der Waals surface area (Å²) in [4.78, 5) is 20.7. The zero-order valence-electron chi connectivity index (χ0n) is 8.11. The summed E-state index contributed by atoms with van der Waals surface area (Å²) in [6.07, 6.45) is 0. The number of nitro groups is 1. The normalized spacial score (nSPS) is 9.80. The van der Waals surface area contributed by atoms with Gasteiger partial charge in [-0.1, -0.05) is 0 Å². The first-order valence-electron chi connectivity index (χ1n) is 4.00. The monoisotopic (exact) mass is 213 g/mol. The number of aryl methyl sites for hydroxylation is 1. The van der Waals surface area contributed by atoms with Gasteiger partial charge in [0.1, 0.15) is 0 Å². The van der Waals surface area contributed by atoms with Crippen molar-refractivity contribution in [3.05, 3.63) is 39.2 Å². The molecule has 0 atom stereocenters. The average Bonchev–Trinajstić information content (AvgIpc) is 2.14. The molecular weight excluding hydrogens is 205 g/mol. The minimum absolute atomic E-state index is 0.0434. The summed E-state index contributed by atoms with van der Waals surface area (Å²) in [6, 6.07) is 2.00. The molecule has 0 amide bonds. The first-order valence-corrected chi connectivity index (χ1v) is 4.00. The van der Waals surface area contributed by atoms with Crippen molar-refractivity contribution >= 4 is 11.7 Å². The molecule has 6 heteroatoms. The zero-order chi connectivity index (χ0) is 11.6. The van der Waals surface area contributed by atoms with Crippen LogP contribution in [0.3, 0.4) is 0 Å². The molecule has 0 heterocycles. The Morgan fingerprint density at radius 1 is 1.53 bits per heavy atom. The largest absolute Gasteiger partial charge is 0.465 e. The summed E-state index contributed by atoms with van der Waals surface area (Å²) < 4.78 is 17.6. The molecule has 1 rings (SSSR count). The Labute approximate surface area is 84.6 Å². The number of rotatable bonds is 2. The van der Waals surface area contributed by atoms with E-state index < -0.39 is 22.4 Å². The van der Waals surface area contributed by atoms with E-state index in [2.05, 4.69) is 4.74 Å². The van der Waals surface area contributed by atoms with Gasteiger partial charge in [0.15, 0.2) is 0 Å². The SMILES string of the molecule is COC(=O)c1cc(C)c([N+](=O)[O-])c(F)c1. The van der Waals surface area contributed by atoms with Gasteiger partial charge in [0, 0.05) is 5.56 Å². The maximum atomic E-state index is 13.2. The number of halogens is 1. The molecule has 0 saturated heterocycles. The van der Waals surface area contributed by atoms with E-state index in [4.69, 9.17) is 0 Å². The van der Waals surface area contributed by atoms with Crippen LogP contribution in [0.1, 0.15) is 15.9 Å². The first-order chi connectivity index (χ1) is 6.97. The summed E-state index contributed by atoms with van der Waals surface area (Å²) in [5.74, 6) is -1.77. The summed E-state index contributed by atoms with van der Waals surface area (Å²) in [5.41, 5.74) is -0.582. The van der Waals surface area contributed by atoms with Crippen LogP contribution in [0, 0.1) is 22.9 Å². The number of benzene rings is 1. The van der Waals surface area contributed by atoms with Gasteiger partial charge in [0.25, 0.3) is 0 Å². The second-order valence-electron chi connectivity index (χ2n) is 2.87. The highest BCUT2D eigenvalue weighted by Gasteiger charge is 2.20. The maximum absolute atomic E-state index is 13.2. The van der Waals surface area contributed by atoms with Crippen molar-refractivity contribution in [2.24, 2.45) is 0 Å². The summed E-state index contributed by atoms with van der Waals surface area (Å²) in [7, 11) is 1.15. The van der Waals surface area contributed by atoms with Gasteiger partial charge in [0.05, 0.1) is 17.6 Å². The van der Waals surface area contributed by atoms with Crippen molar-refractivity contribution in [1.82, 2.24) is 0 Å². The number of ether oxygens (including phenoxy) is 1. The summed E-state index contributed by atoms with van der Waals surface area (Å²) in [5, 5.41) is 10.4. The van der Waals surface area contributed by atoms with Gasteiger partial charge in [-0.2, -0.15) is 4.39 Å². The van der Waals surface area contributed by atoms with Gasteiger partial charge >= 0.3 is 11.7 Å². The van der Waals surface area contributed by atoms with E-state index >= 15 is 0 Å². The lowest BCUT2D eigenvalue weighted by molar-refractivity contribution is -0.388. The van der Waals surface area contributed by atoms with E-state index in [0.29, 0.717) is 0 Å². The Balaban J connectivity index is 3.31. The van der Waals surface area contributed by atoms with Gasteiger partial charge in [0.2, 0.25) is 5.82 Å². The van der Waals surface area contributed by atoms with Crippen molar-refractivity contribution in [3.63, 3.8) is 0 Å². The molecule has 0 N–H and O–H groups in total. The van der Waals surface area contributed by atoms with E-state index in [9.17, 15) is 19.3 Å². The number of carbonyl (C=O) groups is 1. The molecular formula is C9H8FNO4. The molecule has 0 fully saturated rings. The van der Waals surface area contributed by atoms with Crippen LogP contribution in [-0.2, 0) is 4.74 Å². The Morgan fingerprint density at radius 3 is 2.53 bits per heavy atom. The quantitative estimate of drug-likeness (QED) is 0.427. The smallest absolute Gasteiger partial charge is 0.337 e. The minimum Gasteiger partial charge on any atom is -0.465 e. The molecule has 0 unspecified atom stereocenters. The van der Waals surface area contributed by atoms with Gasteiger partial charge in [-0.05, 0) is 19.1 Å². The van der Waals surface area contributed by atoms with E-state index in [1.165, 1.54) is 13.0 Å². The Bertz CT molecular complexity index is 407. The van der Waals surface area contributed by atoms with Crippen LogP contribution < -0.4 is 0 Å². The fourth-order valence-corrected chi connectivity index (χ4v) is 1.20. The van der Waals surface area contributed by atoms with Crippen LogP contribution >= 0.6 is 0 Å². The van der Waals surface area contributed by atoms with Crippen LogP contribution in [0.2, 0.25) is 0 Å². The molecule has 80 valence electrons. The highest BCUT2D eigenvalue weighted by molar-refractivity contribution is 5.90.